The Hall–Kier alpha value is -3.06. The summed E-state index contributed by atoms with van der Waals surface area (Å²) in [5.41, 5.74) is 6.16. The van der Waals surface area contributed by atoms with Gasteiger partial charge in [-0.15, -0.1) is 0 Å². The third-order valence-corrected chi connectivity index (χ3v) is 4.89. The van der Waals surface area contributed by atoms with Crippen molar-refractivity contribution in [3.8, 4) is 0 Å². The Morgan fingerprint density at radius 3 is 1.85 bits per heavy atom. The number of hydrogen-bond donors (Lipinski definition) is 0. The van der Waals surface area contributed by atoms with Gasteiger partial charge in [0.2, 0.25) is 0 Å². The molecule has 0 N–H and O–H groups in total. The molecule has 0 saturated heterocycles. The van der Waals surface area contributed by atoms with Crippen molar-refractivity contribution < 1.29 is 0 Å². The highest BCUT2D eigenvalue weighted by molar-refractivity contribution is 5.89. The van der Waals surface area contributed by atoms with Gasteiger partial charge in [0.1, 0.15) is 0 Å². The van der Waals surface area contributed by atoms with Gasteiger partial charge >= 0.3 is 0 Å². The van der Waals surface area contributed by atoms with Crippen LogP contribution in [0.1, 0.15) is 18.1 Å². The van der Waals surface area contributed by atoms with Crippen LogP contribution in [0.2, 0.25) is 0 Å². The normalized spacial score (nSPS) is 10.8. The van der Waals surface area contributed by atoms with E-state index >= 15 is 0 Å². The predicted molar refractivity (Wildman–Crippen MR) is 113 cm³/mol. The Morgan fingerprint density at radius 1 is 0.615 bits per heavy atom. The summed E-state index contributed by atoms with van der Waals surface area (Å²) in [6, 6.07) is 32.8. The first-order valence-electron chi connectivity index (χ1n) is 9.19. The summed E-state index contributed by atoms with van der Waals surface area (Å²) >= 11 is 0. The molecule has 0 unspecified atom stereocenters. The molecular weight excluding hydrogens is 314 g/mol. The predicted octanol–water partition coefficient (Wildman–Crippen LogP) is 7.18. The topological polar surface area (TPSA) is 3.24 Å². The van der Waals surface area contributed by atoms with Gasteiger partial charge in [-0.25, -0.2) is 0 Å². The van der Waals surface area contributed by atoms with Gasteiger partial charge in [0.25, 0.3) is 0 Å². The zero-order valence-corrected chi connectivity index (χ0v) is 15.3. The zero-order chi connectivity index (χ0) is 17.9. The number of hydrogen-bond acceptors (Lipinski definition) is 1. The number of fused-ring (bicyclic) bond motifs is 1. The molecule has 4 aromatic carbocycles. The third-order valence-electron chi connectivity index (χ3n) is 4.89. The maximum Gasteiger partial charge on any atom is 0.0468 e. The average Bonchev–Trinajstić information content (AvgIpc) is 2.70. The smallest absolute Gasteiger partial charge is 0.0468 e. The summed E-state index contributed by atoms with van der Waals surface area (Å²) in [6.07, 6.45) is 1.06. The first-order valence-corrected chi connectivity index (χ1v) is 9.19. The molecule has 0 aliphatic rings. The molecule has 0 bridgehead atoms. The van der Waals surface area contributed by atoms with Crippen molar-refractivity contribution in [3.63, 3.8) is 0 Å². The quantitative estimate of drug-likeness (QED) is 0.381. The van der Waals surface area contributed by atoms with E-state index in [1.807, 2.05) is 0 Å². The van der Waals surface area contributed by atoms with E-state index in [1.165, 1.54) is 39.0 Å². The van der Waals surface area contributed by atoms with Gasteiger partial charge in [-0.1, -0.05) is 67.1 Å². The Bertz CT molecular complexity index is 1010. The van der Waals surface area contributed by atoms with Crippen molar-refractivity contribution in [2.24, 2.45) is 0 Å². The van der Waals surface area contributed by atoms with Gasteiger partial charge in [0.05, 0.1) is 0 Å². The number of anilines is 3. The van der Waals surface area contributed by atoms with E-state index in [9.17, 15) is 0 Å². The van der Waals surface area contributed by atoms with Crippen molar-refractivity contribution >= 4 is 27.8 Å². The number of aryl methyl sites for hydroxylation is 2. The van der Waals surface area contributed by atoms with Crippen molar-refractivity contribution in [1.29, 1.82) is 0 Å². The Balaban J connectivity index is 1.86. The van der Waals surface area contributed by atoms with E-state index in [4.69, 9.17) is 0 Å². The van der Waals surface area contributed by atoms with Gasteiger partial charge in [-0.2, -0.15) is 0 Å². The van der Waals surface area contributed by atoms with E-state index in [1.54, 1.807) is 0 Å². The molecule has 0 atom stereocenters. The van der Waals surface area contributed by atoms with Crippen LogP contribution in [0.3, 0.4) is 0 Å². The lowest BCUT2D eigenvalue weighted by Crippen LogP contribution is -2.10. The summed E-state index contributed by atoms with van der Waals surface area (Å²) in [6.45, 7) is 4.32. The molecule has 128 valence electrons. The summed E-state index contributed by atoms with van der Waals surface area (Å²) in [5.74, 6) is 0. The first kappa shape index (κ1) is 16.4. The van der Waals surface area contributed by atoms with Gasteiger partial charge in [-0.05, 0) is 66.1 Å². The Kier molecular flexibility index (Phi) is 4.45. The number of benzene rings is 4. The largest absolute Gasteiger partial charge is 0.310 e. The Morgan fingerprint density at radius 2 is 1.19 bits per heavy atom. The molecule has 0 aliphatic carbocycles. The van der Waals surface area contributed by atoms with Crippen LogP contribution in [-0.4, -0.2) is 0 Å². The van der Waals surface area contributed by atoms with E-state index in [2.05, 4.69) is 110 Å². The summed E-state index contributed by atoms with van der Waals surface area (Å²) in [5, 5.41) is 2.52. The molecule has 0 spiro atoms. The highest BCUT2D eigenvalue weighted by Crippen LogP contribution is 2.36. The molecule has 0 saturated carbocycles. The van der Waals surface area contributed by atoms with Crippen LogP contribution in [0.5, 0.6) is 0 Å². The highest BCUT2D eigenvalue weighted by Gasteiger charge is 2.12. The van der Waals surface area contributed by atoms with Crippen molar-refractivity contribution in [1.82, 2.24) is 0 Å². The zero-order valence-electron chi connectivity index (χ0n) is 15.3. The minimum Gasteiger partial charge on any atom is -0.310 e. The maximum absolute atomic E-state index is 2.32. The second-order valence-electron chi connectivity index (χ2n) is 6.72. The van der Waals surface area contributed by atoms with E-state index < -0.39 is 0 Å². The molecular formula is C25H23N. The summed E-state index contributed by atoms with van der Waals surface area (Å²) in [7, 11) is 0. The number of rotatable bonds is 4. The molecule has 26 heavy (non-hydrogen) atoms. The molecule has 0 aliphatic heterocycles. The minimum atomic E-state index is 1.06. The molecule has 0 aromatic heterocycles. The molecule has 1 heteroatoms. The second-order valence-corrected chi connectivity index (χ2v) is 6.72. The molecule has 0 radical (unpaired) electrons. The minimum absolute atomic E-state index is 1.06. The van der Waals surface area contributed by atoms with Crippen LogP contribution in [0.15, 0.2) is 91.0 Å². The van der Waals surface area contributed by atoms with Crippen LogP contribution in [-0.2, 0) is 6.42 Å². The molecule has 4 rings (SSSR count). The third kappa shape index (κ3) is 3.21. The van der Waals surface area contributed by atoms with Crippen LogP contribution >= 0.6 is 0 Å². The van der Waals surface area contributed by atoms with Gasteiger partial charge in [0.15, 0.2) is 0 Å². The molecule has 1 nitrogen and oxygen atoms in total. The SMILES string of the molecule is CCc1ccc(N(c2ccc(C)cc2)c2ccc3ccccc3c2)cc1. The highest BCUT2D eigenvalue weighted by atomic mass is 15.1. The van der Waals surface area contributed by atoms with Crippen LogP contribution in [0, 0.1) is 6.92 Å². The maximum atomic E-state index is 2.32. The lowest BCUT2D eigenvalue weighted by Gasteiger charge is -2.26. The fourth-order valence-corrected chi connectivity index (χ4v) is 3.34. The van der Waals surface area contributed by atoms with E-state index in [0.29, 0.717) is 0 Å². The fourth-order valence-electron chi connectivity index (χ4n) is 3.34. The summed E-state index contributed by atoms with van der Waals surface area (Å²) in [4.78, 5) is 2.32. The van der Waals surface area contributed by atoms with Crippen LogP contribution < -0.4 is 4.90 Å². The lowest BCUT2D eigenvalue weighted by atomic mass is 10.1. The van der Waals surface area contributed by atoms with Gasteiger partial charge in [0, 0.05) is 17.1 Å². The van der Waals surface area contributed by atoms with Crippen molar-refractivity contribution in [2.45, 2.75) is 20.3 Å². The van der Waals surface area contributed by atoms with Crippen LogP contribution in [0.25, 0.3) is 10.8 Å². The van der Waals surface area contributed by atoms with Crippen molar-refractivity contribution in [3.05, 3.63) is 102 Å². The van der Waals surface area contributed by atoms with E-state index in [-0.39, 0.29) is 0 Å². The fraction of sp³-hybridized carbons (Fsp3) is 0.120. The van der Waals surface area contributed by atoms with Gasteiger partial charge < -0.3 is 4.90 Å². The number of nitrogens with zero attached hydrogens (tertiary/aromatic N) is 1. The van der Waals surface area contributed by atoms with Crippen molar-refractivity contribution in [2.75, 3.05) is 4.90 Å². The van der Waals surface area contributed by atoms with Gasteiger partial charge in [-0.3, -0.25) is 0 Å². The molecule has 0 heterocycles. The standard InChI is InChI=1S/C25H23N/c1-3-20-10-15-24(16-11-20)26(23-13-8-19(2)9-14-23)25-17-12-21-6-4-5-7-22(21)18-25/h4-18H,3H2,1-2H3. The van der Waals surface area contributed by atoms with E-state index in [0.717, 1.165) is 6.42 Å². The molecule has 0 amide bonds. The van der Waals surface area contributed by atoms with Crippen LogP contribution in [0.4, 0.5) is 17.1 Å². The summed E-state index contributed by atoms with van der Waals surface area (Å²) < 4.78 is 0. The molecule has 0 fully saturated rings. The molecule has 4 aromatic rings. The Labute approximate surface area is 155 Å². The second kappa shape index (κ2) is 7.05. The monoisotopic (exact) mass is 337 g/mol. The lowest BCUT2D eigenvalue weighted by molar-refractivity contribution is 1.14. The average molecular weight is 337 g/mol. The first-order chi connectivity index (χ1) is 12.7.